The van der Waals surface area contributed by atoms with E-state index < -0.39 is 0 Å². The van der Waals surface area contributed by atoms with Crippen molar-refractivity contribution in [3.05, 3.63) is 65.2 Å². The Hall–Kier alpha value is -1.21. The van der Waals surface area contributed by atoms with Crippen molar-refractivity contribution < 1.29 is 0 Å². The third-order valence-electron chi connectivity index (χ3n) is 3.06. The van der Waals surface area contributed by atoms with Gasteiger partial charge in [0, 0.05) is 16.5 Å². The lowest BCUT2D eigenvalue weighted by atomic mass is 10.1. The summed E-state index contributed by atoms with van der Waals surface area (Å²) >= 11 is 0. The first-order chi connectivity index (χ1) is 8.16. The molecule has 0 amide bonds. The molecular weight excluding hydrogens is 224 g/mol. The van der Waals surface area contributed by atoms with Crippen LogP contribution in [0.15, 0.2) is 53.4 Å². The molecule has 0 heterocycles. The predicted octanol–water partition coefficient (Wildman–Crippen LogP) is 4.11. The highest BCUT2D eigenvalue weighted by Gasteiger charge is 2.16. The van der Waals surface area contributed by atoms with E-state index in [1.807, 2.05) is 0 Å². The van der Waals surface area contributed by atoms with E-state index in [-0.39, 0.29) is 0 Å². The molecule has 0 bridgehead atoms. The third kappa shape index (κ3) is 3.13. The van der Waals surface area contributed by atoms with Gasteiger partial charge in [0.2, 0.25) is 0 Å². The van der Waals surface area contributed by atoms with Crippen molar-refractivity contribution in [2.75, 3.05) is 6.26 Å². The first-order valence-corrected chi connectivity index (χ1v) is 7.71. The van der Waals surface area contributed by atoms with Gasteiger partial charge in [-0.25, -0.2) is 0 Å². The van der Waals surface area contributed by atoms with Gasteiger partial charge in [-0.1, -0.05) is 42.0 Å². The van der Waals surface area contributed by atoms with E-state index in [0.29, 0.717) is 10.9 Å². The zero-order valence-corrected chi connectivity index (χ0v) is 11.6. The van der Waals surface area contributed by atoms with E-state index >= 15 is 0 Å². The van der Waals surface area contributed by atoms with Gasteiger partial charge in [0.25, 0.3) is 0 Å². The summed E-state index contributed by atoms with van der Waals surface area (Å²) in [4.78, 5) is 1.46. The SMILES string of the molecule is Cc1ccc([S+](C)Cc2ccccc2C)cc1. The molecule has 0 saturated heterocycles. The lowest BCUT2D eigenvalue weighted by Crippen LogP contribution is -2.04. The van der Waals surface area contributed by atoms with E-state index in [2.05, 4.69) is 68.6 Å². The lowest BCUT2D eigenvalue weighted by molar-refractivity contribution is 1.28. The molecule has 0 nitrogen and oxygen atoms in total. The van der Waals surface area contributed by atoms with Gasteiger partial charge in [-0.05, 0) is 31.5 Å². The fraction of sp³-hybridized carbons (Fsp3) is 0.250. The third-order valence-corrected chi connectivity index (χ3v) is 4.88. The van der Waals surface area contributed by atoms with Crippen LogP contribution in [-0.4, -0.2) is 6.26 Å². The van der Waals surface area contributed by atoms with Gasteiger partial charge in [0.15, 0.2) is 4.90 Å². The Bertz CT molecular complexity index is 485. The van der Waals surface area contributed by atoms with Crippen molar-refractivity contribution in [1.29, 1.82) is 0 Å². The second-order valence-corrected chi connectivity index (χ2v) is 6.56. The first kappa shape index (κ1) is 12.3. The number of hydrogen-bond donors (Lipinski definition) is 0. The van der Waals surface area contributed by atoms with Crippen LogP contribution in [0.3, 0.4) is 0 Å². The summed E-state index contributed by atoms with van der Waals surface area (Å²) in [5, 5.41) is 0. The molecule has 0 N–H and O–H groups in total. The molecule has 0 fully saturated rings. The van der Waals surface area contributed by atoms with Crippen molar-refractivity contribution in [2.24, 2.45) is 0 Å². The van der Waals surface area contributed by atoms with Gasteiger partial charge in [-0.2, -0.15) is 0 Å². The molecule has 1 heteroatoms. The van der Waals surface area contributed by atoms with Crippen LogP contribution in [0.2, 0.25) is 0 Å². The Balaban J connectivity index is 2.14. The summed E-state index contributed by atoms with van der Waals surface area (Å²) in [5.41, 5.74) is 4.21. The van der Waals surface area contributed by atoms with E-state index in [1.165, 1.54) is 21.6 Å². The van der Waals surface area contributed by atoms with Crippen LogP contribution in [0.5, 0.6) is 0 Å². The molecule has 1 unspecified atom stereocenters. The summed E-state index contributed by atoms with van der Waals surface area (Å²) in [6.45, 7) is 4.33. The Labute approximate surface area is 107 Å². The molecule has 0 spiro atoms. The molecule has 0 aromatic heterocycles. The van der Waals surface area contributed by atoms with Gasteiger partial charge in [0.1, 0.15) is 12.0 Å². The average Bonchev–Trinajstić information content (AvgIpc) is 2.33. The maximum absolute atomic E-state index is 2.33. The Kier molecular flexibility index (Phi) is 3.90. The highest BCUT2D eigenvalue weighted by molar-refractivity contribution is 7.95. The van der Waals surface area contributed by atoms with Gasteiger partial charge >= 0.3 is 0 Å². The predicted molar refractivity (Wildman–Crippen MR) is 77.6 cm³/mol. The van der Waals surface area contributed by atoms with Crippen LogP contribution in [0.4, 0.5) is 0 Å². The molecule has 0 saturated carbocycles. The molecule has 2 aromatic carbocycles. The molecule has 2 rings (SSSR count). The summed E-state index contributed by atoms with van der Waals surface area (Å²) in [6.07, 6.45) is 2.33. The molecule has 17 heavy (non-hydrogen) atoms. The van der Waals surface area contributed by atoms with Gasteiger partial charge in [-0.15, -0.1) is 0 Å². The Morgan fingerprint density at radius 3 is 2.18 bits per heavy atom. The molecule has 0 radical (unpaired) electrons. The highest BCUT2D eigenvalue weighted by Crippen LogP contribution is 2.19. The van der Waals surface area contributed by atoms with Crippen molar-refractivity contribution in [1.82, 2.24) is 0 Å². The lowest BCUT2D eigenvalue weighted by Gasteiger charge is -2.06. The maximum atomic E-state index is 2.33. The minimum Gasteiger partial charge on any atom is -0.0620 e. The van der Waals surface area contributed by atoms with Gasteiger partial charge in [-0.3, -0.25) is 0 Å². The molecule has 1 atom stereocenters. The molecule has 88 valence electrons. The quantitative estimate of drug-likeness (QED) is 0.712. The van der Waals surface area contributed by atoms with Gasteiger partial charge < -0.3 is 0 Å². The van der Waals surface area contributed by atoms with E-state index in [0.717, 1.165) is 5.75 Å². The van der Waals surface area contributed by atoms with E-state index in [1.54, 1.807) is 0 Å². The van der Waals surface area contributed by atoms with Crippen LogP contribution in [0.25, 0.3) is 0 Å². The standard InChI is InChI=1S/C16H19S/c1-13-8-10-16(11-9-13)17(3)12-15-7-5-4-6-14(15)2/h4-11H,12H2,1-3H3/q+1. The van der Waals surface area contributed by atoms with E-state index in [4.69, 9.17) is 0 Å². The second-order valence-electron chi connectivity index (χ2n) is 4.52. The smallest absolute Gasteiger partial charge is 0.0620 e. The summed E-state index contributed by atoms with van der Waals surface area (Å²) in [6, 6.07) is 17.6. The van der Waals surface area contributed by atoms with Crippen LogP contribution >= 0.6 is 0 Å². The number of benzene rings is 2. The fourth-order valence-corrected chi connectivity index (χ4v) is 3.42. The van der Waals surface area contributed by atoms with Crippen molar-refractivity contribution in [2.45, 2.75) is 24.5 Å². The number of aryl methyl sites for hydroxylation is 2. The topological polar surface area (TPSA) is 0 Å². The van der Waals surface area contributed by atoms with Crippen LogP contribution in [-0.2, 0) is 16.6 Å². The Morgan fingerprint density at radius 2 is 1.53 bits per heavy atom. The highest BCUT2D eigenvalue weighted by atomic mass is 32.2. The Morgan fingerprint density at radius 1 is 0.882 bits per heavy atom. The van der Waals surface area contributed by atoms with Crippen molar-refractivity contribution >= 4 is 10.9 Å². The molecule has 0 aliphatic rings. The summed E-state index contributed by atoms with van der Waals surface area (Å²) in [7, 11) is 0.297. The average molecular weight is 243 g/mol. The molecule has 0 aliphatic carbocycles. The first-order valence-electron chi connectivity index (χ1n) is 5.90. The van der Waals surface area contributed by atoms with Crippen molar-refractivity contribution in [3.63, 3.8) is 0 Å². The minimum atomic E-state index is 0.297. The number of hydrogen-bond acceptors (Lipinski definition) is 0. The molecular formula is C16H19S+. The summed E-state index contributed by atoms with van der Waals surface area (Å²) < 4.78 is 0. The number of rotatable bonds is 3. The van der Waals surface area contributed by atoms with Crippen LogP contribution in [0, 0.1) is 13.8 Å². The van der Waals surface area contributed by atoms with Crippen LogP contribution < -0.4 is 0 Å². The minimum absolute atomic E-state index is 0.297. The summed E-state index contributed by atoms with van der Waals surface area (Å²) in [5.74, 6) is 1.15. The zero-order valence-electron chi connectivity index (χ0n) is 10.7. The van der Waals surface area contributed by atoms with Gasteiger partial charge in [0.05, 0.1) is 0 Å². The van der Waals surface area contributed by atoms with Crippen LogP contribution in [0.1, 0.15) is 16.7 Å². The van der Waals surface area contributed by atoms with Crippen molar-refractivity contribution in [3.8, 4) is 0 Å². The maximum Gasteiger partial charge on any atom is 0.154 e. The normalized spacial score (nSPS) is 12.4. The molecule has 2 aromatic rings. The largest absolute Gasteiger partial charge is 0.154 e. The molecule has 0 aliphatic heterocycles. The fourth-order valence-electron chi connectivity index (χ4n) is 1.86. The van der Waals surface area contributed by atoms with E-state index in [9.17, 15) is 0 Å². The second kappa shape index (κ2) is 5.42. The zero-order chi connectivity index (χ0) is 12.3. The monoisotopic (exact) mass is 243 g/mol.